The molecule has 4 rings (SSSR count). The third kappa shape index (κ3) is 4.55. The second kappa shape index (κ2) is 10.0. The molecule has 186 valence electrons. The van der Waals surface area contributed by atoms with Crippen LogP contribution in [0.25, 0.3) is 16.6 Å². The monoisotopic (exact) mass is 509 g/mol. The van der Waals surface area contributed by atoms with Crippen molar-refractivity contribution in [3.63, 3.8) is 0 Å². The van der Waals surface area contributed by atoms with Crippen molar-refractivity contribution in [1.29, 1.82) is 0 Å². The number of ether oxygens (including phenoxy) is 1. The van der Waals surface area contributed by atoms with Crippen LogP contribution in [0, 0.1) is 5.82 Å². The molecule has 1 heterocycles. The zero-order valence-corrected chi connectivity index (χ0v) is 20.5. The zero-order valence-electron chi connectivity index (χ0n) is 19.6. The van der Waals surface area contributed by atoms with E-state index in [-0.39, 0.29) is 33.5 Å². The minimum atomic E-state index is -3.71. The first-order valence-electron chi connectivity index (χ1n) is 11.1. The molecule has 3 aromatic carbocycles. The number of para-hydroxylation sites is 1. The standard InChI is InChI=1S/C27H24FNO6S/c1-17(16-30)36(33,34)21-11-8-18(9-12-21)14-23-25(27(32)35-2)29(20-6-4-3-5-7-20)24-15-19(28)10-13-22(24)26(23)31/h3-13,15,17,30H,14,16H2,1-2H3. The summed E-state index contributed by atoms with van der Waals surface area (Å²) in [6.07, 6.45) is -0.000697. The number of esters is 1. The summed E-state index contributed by atoms with van der Waals surface area (Å²) in [5.41, 5.74) is 0.961. The Bertz CT molecular complexity index is 1600. The van der Waals surface area contributed by atoms with Crippen molar-refractivity contribution in [1.82, 2.24) is 4.57 Å². The number of methoxy groups -OCH3 is 1. The Balaban J connectivity index is 1.95. The molecule has 1 unspecified atom stereocenters. The van der Waals surface area contributed by atoms with Gasteiger partial charge in [-0.2, -0.15) is 0 Å². The van der Waals surface area contributed by atoms with E-state index < -0.39 is 38.9 Å². The number of pyridine rings is 1. The summed E-state index contributed by atoms with van der Waals surface area (Å²) in [4.78, 5) is 26.6. The highest BCUT2D eigenvalue weighted by Crippen LogP contribution is 2.26. The van der Waals surface area contributed by atoms with Crippen LogP contribution >= 0.6 is 0 Å². The first kappa shape index (κ1) is 25.3. The highest BCUT2D eigenvalue weighted by atomic mass is 32.2. The molecular weight excluding hydrogens is 485 g/mol. The van der Waals surface area contributed by atoms with E-state index in [0.29, 0.717) is 11.3 Å². The van der Waals surface area contributed by atoms with Crippen LogP contribution in [0.2, 0.25) is 0 Å². The Morgan fingerprint density at radius 3 is 2.33 bits per heavy atom. The summed E-state index contributed by atoms with van der Waals surface area (Å²) in [5, 5.41) is 8.51. The van der Waals surface area contributed by atoms with E-state index in [0.717, 1.165) is 0 Å². The summed E-state index contributed by atoms with van der Waals surface area (Å²) in [6, 6.07) is 18.4. The topological polar surface area (TPSA) is 103 Å². The van der Waals surface area contributed by atoms with Crippen molar-refractivity contribution in [3.05, 3.63) is 106 Å². The second-order valence-corrected chi connectivity index (χ2v) is 10.7. The lowest BCUT2D eigenvalue weighted by molar-refractivity contribution is 0.0590. The van der Waals surface area contributed by atoms with Gasteiger partial charge in [-0.3, -0.25) is 4.79 Å². The molecular formula is C27H24FNO6S. The highest BCUT2D eigenvalue weighted by molar-refractivity contribution is 7.92. The maximum Gasteiger partial charge on any atom is 0.355 e. The average Bonchev–Trinajstić information content (AvgIpc) is 2.89. The van der Waals surface area contributed by atoms with Gasteiger partial charge in [-0.25, -0.2) is 17.6 Å². The van der Waals surface area contributed by atoms with E-state index >= 15 is 0 Å². The lowest BCUT2D eigenvalue weighted by Gasteiger charge is -2.19. The molecule has 1 aromatic heterocycles. The van der Waals surface area contributed by atoms with Crippen LogP contribution in [0.5, 0.6) is 0 Å². The van der Waals surface area contributed by atoms with Gasteiger partial charge in [-0.05, 0) is 55.0 Å². The van der Waals surface area contributed by atoms with Crippen LogP contribution in [-0.2, 0) is 21.0 Å². The number of fused-ring (bicyclic) bond motifs is 1. The molecule has 0 bridgehead atoms. The van der Waals surface area contributed by atoms with Crippen molar-refractivity contribution in [3.8, 4) is 5.69 Å². The summed E-state index contributed by atoms with van der Waals surface area (Å²) < 4.78 is 45.8. The smallest absolute Gasteiger partial charge is 0.355 e. The van der Waals surface area contributed by atoms with Gasteiger partial charge >= 0.3 is 5.97 Å². The molecule has 7 nitrogen and oxygen atoms in total. The van der Waals surface area contributed by atoms with E-state index in [1.54, 1.807) is 42.5 Å². The highest BCUT2D eigenvalue weighted by Gasteiger charge is 2.26. The molecule has 0 amide bonds. The fraction of sp³-hybridized carbons (Fsp3) is 0.185. The molecule has 1 N–H and O–H groups in total. The third-order valence-electron chi connectivity index (χ3n) is 6.04. The van der Waals surface area contributed by atoms with Gasteiger partial charge < -0.3 is 14.4 Å². The van der Waals surface area contributed by atoms with Gasteiger partial charge in [0.05, 0.1) is 29.4 Å². The molecule has 0 saturated carbocycles. The number of benzene rings is 3. The number of aromatic nitrogens is 1. The SMILES string of the molecule is COC(=O)c1c(Cc2ccc(S(=O)(=O)C(C)CO)cc2)c(=O)c2ccc(F)cc2n1-c1ccccc1. The van der Waals surface area contributed by atoms with Crippen molar-refractivity contribution in [2.24, 2.45) is 0 Å². The van der Waals surface area contributed by atoms with Crippen molar-refractivity contribution in [2.45, 2.75) is 23.5 Å². The van der Waals surface area contributed by atoms with E-state index in [2.05, 4.69) is 0 Å². The number of rotatable bonds is 7. The summed E-state index contributed by atoms with van der Waals surface area (Å²) in [5.74, 6) is -1.34. The quantitative estimate of drug-likeness (QED) is 0.382. The van der Waals surface area contributed by atoms with Gasteiger partial charge in [0.2, 0.25) is 0 Å². The maximum absolute atomic E-state index is 14.2. The number of aliphatic hydroxyl groups excluding tert-OH is 1. The molecule has 0 aliphatic rings. The van der Waals surface area contributed by atoms with Gasteiger partial charge in [0.25, 0.3) is 0 Å². The van der Waals surface area contributed by atoms with Crippen LogP contribution in [0.3, 0.4) is 0 Å². The molecule has 0 saturated heterocycles. The second-order valence-electron chi connectivity index (χ2n) is 8.34. The van der Waals surface area contributed by atoms with Crippen LogP contribution < -0.4 is 5.43 Å². The lowest BCUT2D eigenvalue weighted by Crippen LogP contribution is -2.25. The number of nitrogens with zero attached hydrogens (tertiary/aromatic N) is 1. The van der Waals surface area contributed by atoms with Gasteiger partial charge in [0.15, 0.2) is 15.3 Å². The number of sulfone groups is 1. The fourth-order valence-corrected chi connectivity index (χ4v) is 5.24. The Labute approximate surface area is 207 Å². The van der Waals surface area contributed by atoms with Crippen LogP contribution in [0.15, 0.2) is 82.5 Å². The number of carbonyl (C=O) groups excluding carboxylic acids is 1. The van der Waals surface area contributed by atoms with Gasteiger partial charge in [0, 0.05) is 23.1 Å². The minimum absolute atomic E-state index is 0.000697. The molecule has 4 aromatic rings. The van der Waals surface area contributed by atoms with Crippen molar-refractivity contribution < 1.29 is 27.4 Å². The average molecular weight is 510 g/mol. The molecule has 0 aliphatic carbocycles. The molecule has 36 heavy (non-hydrogen) atoms. The largest absolute Gasteiger partial charge is 0.464 e. The Hall–Kier alpha value is -3.82. The minimum Gasteiger partial charge on any atom is -0.464 e. The molecule has 0 spiro atoms. The Kier molecular flexibility index (Phi) is 7.05. The Morgan fingerprint density at radius 1 is 1.06 bits per heavy atom. The molecule has 0 aliphatic heterocycles. The zero-order chi connectivity index (χ0) is 26.0. The van der Waals surface area contributed by atoms with Gasteiger partial charge in [-0.1, -0.05) is 30.3 Å². The number of halogens is 1. The number of carbonyl (C=O) groups is 1. The predicted molar refractivity (Wildman–Crippen MR) is 134 cm³/mol. The van der Waals surface area contributed by atoms with E-state index in [1.807, 2.05) is 0 Å². The van der Waals surface area contributed by atoms with E-state index in [1.165, 1.54) is 48.9 Å². The number of hydrogen-bond acceptors (Lipinski definition) is 6. The van der Waals surface area contributed by atoms with E-state index in [4.69, 9.17) is 4.74 Å². The van der Waals surface area contributed by atoms with Crippen molar-refractivity contribution >= 4 is 26.7 Å². The third-order valence-corrected chi connectivity index (χ3v) is 8.18. The summed E-state index contributed by atoms with van der Waals surface area (Å²) in [7, 11) is -2.52. The normalized spacial score (nSPS) is 12.4. The molecule has 9 heteroatoms. The van der Waals surface area contributed by atoms with Gasteiger partial charge in [0.1, 0.15) is 11.5 Å². The first-order valence-corrected chi connectivity index (χ1v) is 12.7. The van der Waals surface area contributed by atoms with Crippen molar-refractivity contribution in [2.75, 3.05) is 13.7 Å². The molecule has 0 radical (unpaired) electrons. The number of hydrogen-bond donors (Lipinski definition) is 1. The van der Waals surface area contributed by atoms with Gasteiger partial charge in [-0.15, -0.1) is 0 Å². The van der Waals surface area contributed by atoms with E-state index in [9.17, 15) is 27.5 Å². The predicted octanol–water partition coefficient (Wildman–Crippen LogP) is 3.66. The molecule has 0 fully saturated rings. The molecule has 1 atom stereocenters. The summed E-state index contributed by atoms with van der Waals surface area (Å²) >= 11 is 0. The lowest BCUT2D eigenvalue weighted by atomic mass is 9.99. The first-order chi connectivity index (χ1) is 17.2. The van der Waals surface area contributed by atoms with Crippen LogP contribution in [0.4, 0.5) is 4.39 Å². The van der Waals surface area contributed by atoms with Crippen LogP contribution in [0.1, 0.15) is 28.5 Å². The Morgan fingerprint density at radius 2 is 1.72 bits per heavy atom. The maximum atomic E-state index is 14.2. The summed E-state index contributed by atoms with van der Waals surface area (Å²) in [6.45, 7) is 0.902. The number of aliphatic hydroxyl groups is 1. The fourth-order valence-electron chi connectivity index (χ4n) is 4.06. The van der Waals surface area contributed by atoms with Crippen LogP contribution in [-0.4, -0.2) is 43.0 Å².